The predicted molar refractivity (Wildman–Crippen MR) is 68.7 cm³/mol. The number of hydrogen-bond acceptors (Lipinski definition) is 3. The zero-order chi connectivity index (χ0) is 12.1. The summed E-state index contributed by atoms with van der Waals surface area (Å²) < 4.78 is 0. The number of hydrogen-bond donors (Lipinski definition) is 0. The molecule has 0 saturated carbocycles. The van der Waals surface area contributed by atoms with Crippen LogP contribution in [0, 0.1) is 0 Å². The van der Waals surface area contributed by atoms with Crippen molar-refractivity contribution in [2.24, 2.45) is 0 Å². The van der Waals surface area contributed by atoms with E-state index in [1.54, 1.807) is 6.20 Å². The number of halogens is 1. The normalized spacial score (nSPS) is 10.8. The molecule has 2 heterocycles. The van der Waals surface area contributed by atoms with Crippen LogP contribution in [0.15, 0.2) is 42.9 Å². The van der Waals surface area contributed by atoms with Gasteiger partial charge in [-0.15, -0.1) is 0 Å². The maximum atomic E-state index is 5.75. The van der Waals surface area contributed by atoms with Crippen molar-refractivity contribution in [3.63, 3.8) is 0 Å². The molecule has 0 aliphatic heterocycles. The largest absolute Gasteiger partial charge is 0.298 e. The molecule has 0 saturated heterocycles. The Kier molecular flexibility index (Phi) is 4.07. The van der Waals surface area contributed by atoms with Crippen LogP contribution in [0.5, 0.6) is 0 Å². The van der Waals surface area contributed by atoms with Gasteiger partial charge < -0.3 is 0 Å². The number of aromatic nitrogens is 2. The lowest BCUT2D eigenvalue weighted by Crippen LogP contribution is -2.17. The summed E-state index contributed by atoms with van der Waals surface area (Å²) in [6.07, 6.45) is 5.48. The van der Waals surface area contributed by atoms with Gasteiger partial charge in [0.1, 0.15) is 5.15 Å². The summed E-state index contributed by atoms with van der Waals surface area (Å²) in [5.74, 6) is 0. The van der Waals surface area contributed by atoms with Gasteiger partial charge in [-0.05, 0) is 30.3 Å². The van der Waals surface area contributed by atoms with Gasteiger partial charge in [0.2, 0.25) is 0 Å². The van der Waals surface area contributed by atoms with Crippen LogP contribution in [-0.4, -0.2) is 21.9 Å². The number of pyridine rings is 2. The van der Waals surface area contributed by atoms with Crippen molar-refractivity contribution in [1.82, 2.24) is 14.9 Å². The molecule has 0 fully saturated rings. The molecule has 0 N–H and O–H groups in total. The Labute approximate surface area is 106 Å². The Hall–Kier alpha value is -1.45. The van der Waals surface area contributed by atoms with E-state index in [-0.39, 0.29) is 0 Å². The molecule has 2 aromatic rings. The van der Waals surface area contributed by atoms with E-state index in [0.717, 1.165) is 18.7 Å². The van der Waals surface area contributed by atoms with Crippen molar-refractivity contribution in [2.45, 2.75) is 13.1 Å². The highest BCUT2D eigenvalue weighted by Crippen LogP contribution is 2.09. The second kappa shape index (κ2) is 5.75. The first-order valence-corrected chi connectivity index (χ1v) is 5.80. The third-order valence-electron chi connectivity index (χ3n) is 2.42. The maximum Gasteiger partial charge on any atom is 0.129 e. The molecule has 2 rings (SSSR count). The van der Waals surface area contributed by atoms with Gasteiger partial charge in [0.25, 0.3) is 0 Å². The van der Waals surface area contributed by atoms with E-state index in [0.29, 0.717) is 5.15 Å². The second-order valence-electron chi connectivity index (χ2n) is 4.02. The molecule has 0 aliphatic rings. The van der Waals surface area contributed by atoms with E-state index < -0.39 is 0 Å². The maximum absolute atomic E-state index is 5.75. The SMILES string of the molecule is CN(Cc1cccnc1)Cc1ccc(Cl)nc1. The van der Waals surface area contributed by atoms with Gasteiger partial charge >= 0.3 is 0 Å². The topological polar surface area (TPSA) is 29.0 Å². The Morgan fingerprint density at radius 3 is 2.47 bits per heavy atom. The summed E-state index contributed by atoms with van der Waals surface area (Å²) in [5, 5.41) is 0.531. The van der Waals surface area contributed by atoms with Crippen LogP contribution in [-0.2, 0) is 13.1 Å². The molecule has 0 amide bonds. The van der Waals surface area contributed by atoms with Crippen LogP contribution in [0.1, 0.15) is 11.1 Å². The van der Waals surface area contributed by atoms with E-state index in [9.17, 15) is 0 Å². The fraction of sp³-hybridized carbons (Fsp3) is 0.231. The Morgan fingerprint density at radius 1 is 1.12 bits per heavy atom. The lowest BCUT2D eigenvalue weighted by Gasteiger charge is -2.16. The van der Waals surface area contributed by atoms with Gasteiger partial charge in [-0.3, -0.25) is 9.88 Å². The van der Waals surface area contributed by atoms with Crippen LogP contribution < -0.4 is 0 Å². The molecule has 3 nitrogen and oxygen atoms in total. The number of rotatable bonds is 4. The zero-order valence-corrected chi connectivity index (χ0v) is 10.4. The second-order valence-corrected chi connectivity index (χ2v) is 4.41. The Balaban J connectivity index is 1.93. The Bertz CT molecular complexity index is 456. The van der Waals surface area contributed by atoms with Crippen molar-refractivity contribution in [3.05, 3.63) is 59.1 Å². The van der Waals surface area contributed by atoms with Crippen LogP contribution in [0.3, 0.4) is 0 Å². The summed E-state index contributed by atoms with van der Waals surface area (Å²) in [7, 11) is 2.07. The molecule has 0 bridgehead atoms. The van der Waals surface area contributed by atoms with E-state index in [1.807, 2.05) is 30.6 Å². The fourth-order valence-corrected chi connectivity index (χ4v) is 1.78. The highest BCUT2D eigenvalue weighted by molar-refractivity contribution is 6.29. The molecule has 0 spiro atoms. The summed E-state index contributed by atoms with van der Waals surface area (Å²) in [4.78, 5) is 10.4. The van der Waals surface area contributed by atoms with Gasteiger partial charge in [-0.2, -0.15) is 0 Å². The average molecular weight is 248 g/mol. The molecule has 0 aromatic carbocycles. The highest BCUT2D eigenvalue weighted by Gasteiger charge is 2.02. The van der Waals surface area contributed by atoms with Gasteiger partial charge in [0.15, 0.2) is 0 Å². The van der Waals surface area contributed by atoms with Crippen molar-refractivity contribution in [2.75, 3.05) is 7.05 Å². The predicted octanol–water partition coefficient (Wildman–Crippen LogP) is 2.76. The molecule has 88 valence electrons. The summed E-state index contributed by atoms with van der Waals surface area (Å²) >= 11 is 5.75. The fourth-order valence-electron chi connectivity index (χ4n) is 1.67. The summed E-state index contributed by atoms with van der Waals surface area (Å²) in [6.45, 7) is 1.72. The molecular weight excluding hydrogens is 234 g/mol. The molecule has 0 unspecified atom stereocenters. The van der Waals surface area contributed by atoms with Gasteiger partial charge in [-0.25, -0.2) is 4.98 Å². The first-order valence-electron chi connectivity index (χ1n) is 5.42. The quantitative estimate of drug-likeness (QED) is 0.778. The zero-order valence-electron chi connectivity index (χ0n) is 9.68. The number of nitrogens with zero attached hydrogens (tertiary/aromatic N) is 3. The first kappa shape index (κ1) is 12.0. The van der Waals surface area contributed by atoms with E-state index >= 15 is 0 Å². The summed E-state index contributed by atoms with van der Waals surface area (Å²) in [5.41, 5.74) is 2.36. The van der Waals surface area contributed by atoms with Crippen molar-refractivity contribution < 1.29 is 0 Å². The minimum Gasteiger partial charge on any atom is -0.298 e. The molecule has 0 atom stereocenters. The molecular formula is C13H14ClN3. The molecule has 0 aliphatic carbocycles. The molecule has 17 heavy (non-hydrogen) atoms. The van der Waals surface area contributed by atoms with Crippen molar-refractivity contribution in [1.29, 1.82) is 0 Å². The minimum atomic E-state index is 0.531. The third kappa shape index (κ3) is 3.80. The van der Waals surface area contributed by atoms with Crippen LogP contribution >= 0.6 is 11.6 Å². The van der Waals surface area contributed by atoms with Crippen molar-refractivity contribution >= 4 is 11.6 Å². The Morgan fingerprint density at radius 2 is 1.88 bits per heavy atom. The molecule has 2 aromatic heterocycles. The monoisotopic (exact) mass is 247 g/mol. The van der Waals surface area contributed by atoms with Crippen molar-refractivity contribution in [3.8, 4) is 0 Å². The smallest absolute Gasteiger partial charge is 0.129 e. The van der Waals surface area contributed by atoms with E-state index in [2.05, 4.69) is 28.0 Å². The van der Waals surface area contributed by atoms with Gasteiger partial charge in [0, 0.05) is 31.7 Å². The van der Waals surface area contributed by atoms with E-state index in [4.69, 9.17) is 11.6 Å². The lowest BCUT2D eigenvalue weighted by molar-refractivity contribution is 0.318. The van der Waals surface area contributed by atoms with Gasteiger partial charge in [-0.1, -0.05) is 23.7 Å². The average Bonchev–Trinajstić information content (AvgIpc) is 2.33. The van der Waals surface area contributed by atoms with Gasteiger partial charge in [0.05, 0.1) is 0 Å². The first-order chi connectivity index (χ1) is 8.24. The minimum absolute atomic E-state index is 0.531. The molecule has 0 radical (unpaired) electrons. The lowest BCUT2D eigenvalue weighted by atomic mass is 10.2. The van der Waals surface area contributed by atoms with Crippen LogP contribution in [0.2, 0.25) is 5.15 Å². The third-order valence-corrected chi connectivity index (χ3v) is 2.64. The van der Waals surface area contributed by atoms with Crippen LogP contribution in [0.25, 0.3) is 0 Å². The van der Waals surface area contributed by atoms with Crippen LogP contribution in [0.4, 0.5) is 0 Å². The molecule has 4 heteroatoms. The standard InChI is InChI=1S/C13H14ClN3/c1-17(9-11-3-2-6-15-7-11)10-12-4-5-13(14)16-8-12/h2-8H,9-10H2,1H3. The highest BCUT2D eigenvalue weighted by atomic mass is 35.5. The van der Waals surface area contributed by atoms with E-state index in [1.165, 1.54) is 5.56 Å². The summed E-state index contributed by atoms with van der Waals surface area (Å²) in [6, 6.07) is 7.83.